The molecule has 1 aromatic rings. The number of hydrogen-bond donors (Lipinski definition) is 0. The third-order valence-corrected chi connectivity index (χ3v) is 5.28. The lowest BCUT2D eigenvalue weighted by atomic mass is 10.2. The van der Waals surface area contributed by atoms with Crippen LogP contribution in [-0.4, -0.2) is 24.5 Å². The van der Waals surface area contributed by atoms with Crippen molar-refractivity contribution < 1.29 is 8.42 Å². The Labute approximate surface area is 97.1 Å². The molecule has 1 fully saturated rings. The zero-order valence-electron chi connectivity index (χ0n) is 9.46. The van der Waals surface area contributed by atoms with Gasteiger partial charge in [-0.05, 0) is 18.4 Å². The van der Waals surface area contributed by atoms with E-state index in [1.165, 1.54) is 0 Å². The molecule has 0 unspecified atom stereocenters. The summed E-state index contributed by atoms with van der Waals surface area (Å²) in [5, 5.41) is -0.115. The molecule has 1 saturated carbocycles. The van der Waals surface area contributed by atoms with Crippen molar-refractivity contribution in [3.63, 3.8) is 0 Å². The second-order valence-corrected chi connectivity index (χ2v) is 6.37. The van der Waals surface area contributed by atoms with E-state index in [0.29, 0.717) is 13.1 Å². The Hall–Kier alpha value is -0.870. The molecule has 1 aliphatic carbocycles. The lowest BCUT2D eigenvalue weighted by molar-refractivity contribution is 0.422. The summed E-state index contributed by atoms with van der Waals surface area (Å²) in [6, 6.07) is 9.74. The summed E-state index contributed by atoms with van der Waals surface area (Å²) in [7, 11) is -3.04. The average Bonchev–Trinajstić information content (AvgIpc) is 3.11. The van der Waals surface area contributed by atoms with Gasteiger partial charge in [0, 0.05) is 13.1 Å². The van der Waals surface area contributed by atoms with Gasteiger partial charge in [-0.1, -0.05) is 37.3 Å². The van der Waals surface area contributed by atoms with E-state index < -0.39 is 10.0 Å². The molecule has 1 aliphatic rings. The quantitative estimate of drug-likeness (QED) is 0.788. The van der Waals surface area contributed by atoms with E-state index >= 15 is 0 Å². The first-order chi connectivity index (χ1) is 7.64. The van der Waals surface area contributed by atoms with E-state index in [1.54, 1.807) is 4.31 Å². The summed E-state index contributed by atoms with van der Waals surface area (Å²) < 4.78 is 25.7. The maximum absolute atomic E-state index is 12.1. The number of nitrogens with zero attached hydrogens (tertiary/aromatic N) is 1. The predicted molar refractivity (Wildman–Crippen MR) is 64.5 cm³/mol. The largest absolute Gasteiger partial charge is 0.217 e. The van der Waals surface area contributed by atoms with Crippen LogP contribution >= 0.6 is 0 Å². The van der Waals surface area contributed by atoms with Gasteiger partial charge in [0.25, 0.3) is 0 Å². The summed E-state index contributed by atoms with van der Waals surface area (Å²) in [4.78, 5) is 0. The van der Waals surface area contributed by atoms with Gasteiger partial charge in [-0.2, -0.15) is 4.31 Å². The van der Waals surface area contributed by atoms with Crippen LogP contribution in [0.15, 0.2) is 30.3 Å². The normalized spacial score (nSPS) is 16.6. The average molecular weight is 239 g/mol. The van der Waals surface area contributed by atoms with Crippen molar-refractivity contribution in [2.75, 3.05) is 6.54 Å². The van der Waals surface area contributed by atoms with Crippen LogP contribution in [0.1, 0.15) is 25.3 Å². The monoisotopic (exact) mass is 239 g/mol. The molecule has 0 spiro atoms. The molecule has 0 N–H and O–H groups in total. The molecule has 88 valence electrons. The molecule has 0 saturated heterocycles. The minimum Gasteiger partial charge on any atom is -0.212 e. The van der Waals surface area contributed by atoms with Crippen LogP contribution in [0.25, 0.3) is 0 Å². The van der Waals surface area contributed by atoms with Gasteiger partial charge < -0.3 is 0 Å². The van der Waals surface area contributed by atoms with Gasteiger partial charge >= 0.3 is 0 Å². The molecular weight excluding hydrogens is 222 g/mol. The van der Waals surface area contributed by atoms with E-state index in [2.05, 4.69) is 0 Å². The summed E-state index contributed by atoms with van der Waals surface area (Å²) in [5.74, 6) is 0. The SMILES string of the molecule is CCN(Cc1ccccc1)S(=O)(=O)C1CC1. The first kappa shape index (κ1) is 11.6. The first-order valence-electron chi connectivity index (χ1n) is 5.67. The van der Waals surface area contributed by atoms with Crippen LogP contribution in [0.4, 0.5) is 0 Å². The summed E-state index contributed by atoms with van der Waals surface area (Å²) >= 11 is 0. The second kappa shape index (κ2) is 4.55. The zero-order valence-corrected chi connectivity index (χ0v) is 10.3. The van der Waals surface area contributed by atoms with Crippen molar-refractivity contribution in [3.05, 3.63) is 35.9 Å². The molecule has 0 atom stereocenters. The minimum atomic E-state index is -3.04. The minimum absolute atomic E-state index is 0.115. The molecule has 0 heterocycles. The topological polar surface area (TPSA) is 37.4 Å². The lowest BCUT2D eigenvalue weighted by Crippen LogP contribution is -2.33. The van der Waals surface area contributed by atoms with Gasteiger partial charge in [0.15, 0.2) is 0 Å². The Morgan fingerprint density at radius 2 is 1.88 bits per heavy atom. The van der Waals surface area contributed by atoms with Crippen molar-refractivity contribution in [1.29, 1.82) is 0 Å². The number of benzene rings is 1. The Bertz CT molecular complexity index is 437. The molecular formula is C12H17NO2S. The Morgan fingerprint density at radius 3 is 2.38 bits per heavy atom. The second-order valence-electron chi connectivity index (χ2n) is 4.16. The molecule has 0 aromatic heterocycles. The fourth-order valence-electron chi connectivity index (χ4n) is 1.75. The zero-order chi connectivity index (χ0) is 11.6. The maximum Gasteiger partial charge on any atom is 0.217 e. The van der Waals surface area contributed by atoms with Crippen LogP contribution in [0.2, 0.25) is 0 Å². The van der Waals surface area contributed by atoms with E-state index in [4.69, 9.17) is 0 Å². The molecule has 3 nitrogen and oxygen atoms in total. The van der Waals surface area contributed by atoms with Gasteiger partial charge in [0.05, 0.1) is 5.25 Å². The summed E-state index contributed by atoms with van der Waals surface area (Å²) in [6.07, 6.45) is 1.65. The smallest absolute Gasteiger partial charge is 0.212 e. The van der Waals surface area contributed by atoms with Crippen molar-refractivity contribution in [2.24, 2.45) is 0 Å². The highest BCUT2D eigenvalue weighted by atomic mass is 32.2. The summed E-state index contributed by atoms with van der Waals surface area (Å²) in [5.41, 5.74) is 1.05. The van der Waals surface area contributed by atoms with Crippen LogP contribution in [0.5, 0.6) is 0 Å². The molecule has 16 heavy (non-hydrogen) atoms. The van der Waals surface area contributed by atoms with Crippen molar-refractivity contribution >= 4 is 10.0 Å². The fraction of sp³-hybridized carbons (Fsp3) is 0.500. The lowest BCUT2D eigenvalue weighted by Gasteiger charge is -2.20. The molecule has 0 bridgehead atoms. The van der Waals surface area contributed by atoms with Gasteiger partial charge in [0.1, 0.15) is 0 Å². The van der Waals surface area contributed by atoms with E-state index in [0.717, 1.165) is 18.4 Å². The maximum atomic E-state index is 12.1. The first-order valence-corrected chi connectivity index (χ1v) is 7.18. The van der Waals surface area contributed by atoms with Crippen LogP contribution in [-0.2, 0) is 16.6 Å². The highest BCUT2D eigenvalue weighted by molar-refractivity contribution is 7.90. The Kier molecular flexibility index (Phi) is 3.30. The van der Waals surface area contributed by atoms with Crippen molar-refractivity contribution in [3.8, 4) is 0 Å². The molecule has 0 aliphatic heterocycles. The molecule has 0 amide bonds. The molecule has 0 radical (unpaired) electrons. The Balaban J connectivity index is 2.12. The van der Waals surface area contributed by atoms with Gasteiger partial charge in [-0.3, -0.25) is 0 Å². The van der Waals surface area contributed by atoms with Crippen LogP contribution in [0, 0.1) is 0 Å². The third kappa shape index (κ3) is 2.44. The van der Waals surface area contributed by atoms with Gasteiger partial charge in [-0.15, -0.1) is 0 Å². The van der Waals surface area contributed by atoms with E-state index in [9.17, 15) is 8.42 Å². The molecule has 1 aromatic carbocycles. The van der Waals surface area contributed by atoms with E-state index in [-0.39, 0.29) is 5.25 Å². The summed E-state index contributed by atoms with van der Waals surface area (Å²) in [6.45, 7) is 2.94. The number of rotatable bonds is 5. The molecule has 4 heteroatoms. The van der Waals surface area contributed by atoms with E-state index in [1.807, 2.05) is 37.3 Å². The van der Waals surface area contributed by atoms with Gasteiger partial charge in [-0.25, -0.2) is 8.42 Å². The third-order valence-electron chi connectivity index (χ3n) is 2.86. The van der Waals surface area contributed by atoms with Crippen LogP contribution < -0.4 is 0 Å². The number of hydrogen-bond acceptors (Lipinski definition) is 2. The standard InChI is InChI=1S/C12H17NO2S/c1-2-13(16(14,15)12-8-9-12)10-11-6-4-3-5-7-11/h3-7,12H,2,8-10H2,1H3. The fourth-order valence-corrected chi connectivity index (χ4v) is 3.59. The highest BCUT2D eigenvalue weighted by Crippen LogP contribution is 2.31. The van der Waals surface area contributed by atoms with Gasteiger partial charge in [0.2, 0.25) is 10.0 Å². The highest BCUT2D eigenvalue weighted by Gasteiger charge is 2.39. The molecule has 2 rings (SSSR count). The predicted octanol–water partition coefficient (Wildman–Crippen LogP) is 2.00. The van der Waals surface area contributed by atoms with Crippen molar-refractivity contribution in [2.45, 2.75) is 31.6 Å². The van der Waals surface area contributed by atoms with Crippen LogP contribution in [0.3, 0.4) is 0 Å². The Morgan fingerprint density at radius 1 is 1.25 bits per heavy atom. The van der Waals surface area contributed by atoms with Crippen molar-refractivity contribution in [1.82, 2.24) is 4.31 Å². The number of sulfonamides is 1.